The number of carbonyl (C=O) groups excluding carboxylic acids is 1. The third-order valence-electron chi connectivity index (χ3n) is 4.36. The normalized spacial score (nSPS) is 12.4. The van der Waals surface area contributed by atoms with E-state index in [0.29, 0.717) is 32.5 Å². The molecule has 0 aliphatic heterocycles. The molecule has 0 N–H and O–H groups in total. The molecule has 0 aliphatic rings. The molecule has 0 aliphatic carbocycles. The summed E-state index contributed by atoms with van der Waals surface area (Å²) in [5.41, 5.74) is 4.52. The van der Waals surface area contributed by atoms with Crippen LogP contribution in [0.25, 0.3) is 5.57 Å². The van der Waals surface area contributed by atoms with E-state index >= 15 is 0 Å². The smallest absolute Gasteiger partial charge is 0.459 e. The average Bonchev–Trinajstić information content (AvgIpc) is 2.71. The monoisotopic (exact) mass is 484 g/mol. The Hall–Kier alpha value is -2.12. The number of carbonyl (C=O) groups is 1. The molecule has 2 aromatic rings. The quantitative estimate of drug-likeness (QED) is 0.287. The zero-order valence-corrected chi connectivity index (χ0v) is 18.3. The minimum Gasteiger partial charge on any atom is -0.459 e. The number of unbranched alkanes of at least 4 members (excludes halogenated alkanes) is 1. The van der Waals surface area contributed by atoms with E-state index in [-0.39, 0.29) is 6.61 Å². The van der Waals surface area contributed by atoms with Crippen LogP contribution >= 0.6 is 15.9 Å². The highest BCUT2D eigenvalue weighted by Gasteiger charge is 2.40. The van der Waals surface area contributed by atoms with Crippen molar-refractivity contribution < 1.29 is 27.4 Å². The van der Waals surface area contributed by atoms with Crippen molar-refractivity contribution in [2.45, 2.75) is 32.4 Å². The Morgan fingerprint density at radius 2 is 1.57 bits per heavy atom. The van der Waals surface area contributed by atoms with Gasteiger partial charge < -0.3 is 9.47 Å². The predicted octanol–water partition coefficient (Wildman–Crippen LogP) is 6.44. The lowest BCUT2D eigenvalue weighted by Gasteiger charge is -2.15. The first-order valence-electron chi connectivity index (χ1n) is 9.62. The maximum absolute atomic E-state index is 12.0. The Labute approximate surface area is 183 Å². The van der Waals surface area contributed by atoms with Gasteiger partial charge in [-0.2, -0.15) is 13.2 Å². The van der Waals surface area contributed by atoms with Gasteiger partial charge in [-0.25, -0.2) is 4.79 Å². The number of esters is 1. The van der Waals surface area contributed by atoms with Gasteiger partial charge >= 0.3 is 12.1 Å². The summed E-state index contributed by atoms with van der Waals surface area (Å²) in [6, 6.07) is 18.3. The molecule has 0 fully saturated rings. The van der Waals surface area contributed by atoms with Crippen molar-refractivity contribution in [1.82, 2.24) is 0 Å². The molecule has 3 nitrogen and oxygen atoms in total. The lowest BCUT2D eigenvalue weighted by molar-refractivity contribution is -0.199. The second-order valence-corrected chi connectivity index (χ2v) is 7.62. The predicted molar refractivity (Wildman–Crippen MR) is 114 cm³/mol. The molecule has 30 heavy (non-hydrogen) atoms. The van der Waals surface area contributed by atoms with Crippen LogP contribution in [0.15, 0.2) is 59.1 Å². The largest absolute Gasteiger partial charge is 0.490 e. The van der Waals surface area contributed by atoms with E-state index in [9.17, 15) is 18.0 Å². The Bertz CT molecular complexity index is 848. The fourth-order valence-electron chi connectivity index (χ4n) is 2.86. The zero-order valence-electron chi connectivity index (χ0n) is 16.7. The summed E-state index contributed by atoms with van der Waals surface area (Å²) in [7, 11) is 0. The maximum Gasteiger partial charge on any atom is 0.490 e. The number of hydrogen-bond donors (Lipinski definition) is 0. The van der Waals surface area contributed by atoms with Gasteiger partial charge in [0.1, 0.15) is 0 Å². The summed E-state index contributed by atoms with van der Waals surface area (Å²) in [6.45, 7) is 2.65. The number of alkyl halides is 3. The lowest BCUT2D eigenvalue weighted by atomic mass is 9.93. The second-order valence-electron chi connectivity index (χ2n) is 6.66. The third-order valence-corrected chi connectivity index (χ3v) is 5.15. The van der Waals surface area contributed by atoms with Crippen LogP contribution in [0.5, 0.6) is 0 Å². The fraction of sp³-hybridized carbons (Fsp3) is 0.348. The number of hydrogen-bond acceptors (Lipinski definition) is 3. The molecular weight excluding hydrogens is 461 g/mol. The molecule has 0 unspecified atom stereocenters. The van der Waals surface area contributed by atoms with Crippen LogP contribution in [0.4, 0.5) is 13.2 Å². The molecule has 7 heteroatoms. The van der Waals surface area contributed by atoms with Crippen molar-refractivity contribution in [2.75, 3.05) is 19.8 Å². The highest BCUT2D eigenvalue weighted by molar-refractivity contribution is 9.11. The van der Waals surface area contributed by atoms with E-state index in [1.54, 1.807) is 0 Å². The molecule has 0 radical (unpaired) electrons. The molecule has 0 amide bonds. The first-order chi connectivity index (χ1) is 14.3. The van der Waals surface area contributed by atoms with Gasteiger partial charge in [0.2, 0.25) is 0 Å². The number of halogens is 4. The molecule has 0 saturated carbocycles. The molecule has 0 heterocycles. The molecule has 2 rings (SSSR count). The topological polar surface area (TPSA) is 35.5 Å². The van der Waals surface area contributed by atoms with Crippen LogP contribution in [0.1, 0.15) is 36.0 Å². The molecule has 0 saturated heterocycles. The Balaban J connectivity index is 1.86. The van der Waals surface area contributed by atoms with Crippen LogP contribution in [-0.2, 0) is 14.3 Å². The van der Waals surface area contributed by atoms with Crippen LogP contribution in [0.3, 0.4) is 0 Å². The number of aryl methyl sites for hydroxylation is 1. The average molecular weight is 485 g/mol. The fourth-order valence-corrected chi connectivity index (χ4v) is 3.46. The number of benzene rings is 2. The summed E-state index contributed by atoms with van der Waals surface area (Å²) < 4.78 is 46.9. The lowest BCUT2D eigenvalue weighted by Crippen LogP contribution is -2.25. The number of ether oxygens (including phenoxy) is 2. The summed E-state index contributed by atoms with van der Waals surface area (Å²) in [6.07, 6.45) is -3.46. The van der Waals surface area contributed by atoms with E-state index in [1.165, 1.54) is 5.56 Å². The van der Waals surface area contributed by atoms with Gasteiger partial charge in [0.25, 0.3) is 0 Å². The van der Waals surface area contributed by atoms with Crippen LogP contribution in [0, 0.1) is 6.92 Å². The highest BCUT2D eigenvalue weighted by atomic mass is 79.9. The summed E-state index contributed by atoms with van der Waals surface area (Å²) >= 11 is 3.72. The standard InChI is InChI=1S/C23H24BrF3O3/c1-17-9-5-6-12-19(17)21(18-10-3-2-4-11-18)20(24)13-16-29-14-7-8-15-30-22(28)23(25,26)27/h2-6,9-12H,7-8,13-16H2,1H3/b21-20-. The van der Waals surface area contributed by atoms with Crippen molar-refractivity contribution in [2.24, 2.45) is 0 Å². The first-order valence-corrected chi connectivity index (χ1v) is 10.4. The van der Waals surface area contributed by atoms with Crippen LogP contribution in [0.2, 0.25) is 0 Å². The van der Waals surface area contributed by atoms with Gasteiger partial charge in [0, 0.05) is 17.5 Å². The molecule has 2 aromatic carbocycles. The maximum atomic E-state index is 12.0. The zero-order chi connectivity index (χ0) is 22.0. The van der Waals surface area contributed by atoms with Crippen LogP contribution in [-0.4, -0.2) is 32.0 Å². The third kappa shape index (κ3) is 7.61. The van der Waals surface area contributed by atoms with Gasteiger partial charge in [-0.1, -0.05) is 70.5 Å². The minimum absolute atomic E-state index is 0.267. The van der Waals surface area contributed by atoms with Gasteiger partial charge in [-0.3, -0.25) is 0 Å². The van der Waals surface area contributed by atoms with Gasteiger partial charge in [-0.15, -0.1) is 0 Å². The van der Waals surface area contributed by atoms with Gasteiger partial charge in [0.15, 0.2) is 0 Å². The molecule has 0 atom stereocenters. The van der Waals surface area contributed by atoms with E-state index in [0.717, 1.165) is 21.2 Å². The van der Waals surface area contributed by atoms with Crippen molar-refractivity contribution in [3.63, 3.8) is 0 Å². The van der Waals surface area contributed by atoms with Crippen molar-refractivity contribution in [3.8, 4) is 0 Å². The molecule has 0 bridgehead atoms. The van der Waals surface area contributed by atoms with Gasteiger partial charge in [0.05, 0.1) is 13.2 Å². The molecule has 0 spiro atoms. The summed E-state index contributed by atoms with van der Waals surface area (Å²) in [5, 5.41) is 0. The molecule has 162 valence electrons. The SMILES string of the molecule is Cc1ccccc1/C(=C(\Br)CCOCCCCOC(=O)C(F)(F)F)c1ccccc1. The van der Waals surface area contributed by atoms with E-state index in [4.69, 9.17) is 4.74 Å². The van der Waals surface area contributed by atoms with Crippen molar-refractivity contribution in [1.29, 1.82) is 0 Å². The van der Waals surface area contributed by atoms with Gasteiger partial charge in [-0.05, 0) is 42.0 Å². The molecule has 0 aromatic heterocycles. The first kappa shape index (κ1) is 24.2. The Morgan fingerprint density at radius 3 is 2.23 bits per heavy atom. The van der Waals surface area contributed by atoms with E-state index < -0.39 is 12.1 Å². The highest BCUT2D eigenvalue weighted by Crippen LogP contribution is 2.33. The summed E-state index contributed by atoms with van der Waals surface area (Å²) in [5.74, 6) is -2.15. The van der Waals surface area contributed by atoms with E-state index in [1.807, 2.05) is 30.3 Å². The van der Waals surface area contributed by atoms with Crippen LogP contribution < -0.4 is 0 Å². The second kappa shape index (κ2) is 11.9. The summed E-state index contributed by atoms with van der Waals surface area (Å²) in [4.78, 5) is 10.6. The minimum atomic E-state index is -4.94. The number of rotatable bonds is 10. The Kier molecular flexibility index (Phi) is 9.59. The molecular formula is C23H24BrF3O3. The van der Waals surface area contributed by atoms with E-state index in [2.05, 4.69) is 51.9 Å². The Morgan fingerprint density at radius 1 is 0.933 bits per heavy atom. The van der Waals surface area contributed by atoms with Crippen molar-refractivity contribution >= 4 is 27.5 Å². The van der Waals surface area contributed by atoms with Crippen molar-refractivity contribution in [3.05, 3.63) is 75.8 Å².